The van der Waals surface area contributed by atoms with Crippen molar-refractivity contribution in [3.8, 4) is 0 Å². The minimum atomic E-state index is -3.29. The molecule has 2 aliphatic carbocycles. The van der Waals surface area contributed by atoms with Crippen LogP contribution in [-0.2, 0) is 18.9 Å². The van der Waals surface area contributed by atoms with Crippen molar-refractivity contribution < 1.29 is 18.9 Å². The SMILES string of the molecule is CC1CCCC(NC(=O)COC(=O)C2(P(=O)(c3ccccc3)c3ccccc3)CC2)C1C. The normalized spacial score (nSPS) is 24.4. The summed E-state index contributed by atoms with van der Waals surface area (Å²) in [5.41, 5.74) is 0. The van der Waals surface area contributed by atoms with Gasteiger partial charge in [-0.1, -0.05) is 87.4 Å². The number of benzene rings is 2. The van der Waals surface area contributed by atoms with Crippen LogP contribution in [0.15, 0.2) is 60.7 Å². The molecule has 0 saturated heterocycles. The van der Waals surface area contributed by atoms with Crippen LogP contribution >= 0.6 is 7.14 Å². The van der Waals surface area contributed by atoms with E-state index in [1.807, 2.05) is 60.7 Å². The standard InChI is InChI=1S/C26H32NO4P/c1-19-10-9-15-23(20(19)2)27-24(28)18-31-25(29)26(16-17-26)32(30,21-11-5-3-6-12-21)22-13-7-4-8-14-22/h3-8,11-14,19-20,23H,9-10,15-18H2,1-2H3,(H,27,28). The molecule has 0 radical (unpaired) electrons. The monoisotopic (exact) mass is 453 g/mol. The summed E-state index contributed by atoms with van der Waals surface area (Å²) in [6.45, 7) is 4.04. The first kappa shape index (κ1) is 22.8. The Morgan fingerprint density at radius 3 is 2.06 bits per heavy atom. The summed E-state index contributed by atoms with van der Waals surface area (Å²) in [7, 11) is -3.29. The fourth-order valence-corrected chi connectivity index (χ4v) is 8.52. The van der Waals surface area contributed by atoms with Gasteiger partial charge in [0.2, 0.25) is 0 Å². The van der Waals surface area contributed by atoms with Crippen LogP contribution in [0.2, 0.25) is 0 Å². The van der Waals surface area contributed by atoms with Gasteiger partial charge in [0.25, 0.3) is 5.91 Å². The van der Waals surface area contributed by atoms with Crippen molar-refractivity contribution in [3.05, 3.63) is 60.7 Å². The smallest absolute Gasteiger partial charge is 0.320 e. The van der Waals surface area contributed by atoms with Gasteiger partial charge in [0.05, 0.1) is 0 Å². The van der Waals surface area contributed by atoms with Gasteiger partial charge in [-0.15, -0.1) is 0 Å². The number of hydrogen-bond acceptors (Lipinski definition) is 4. The predicted molar refractivity (Wildman–Crippen MR) is 127 cm³/mol. The largest absolute Gasteiger partial charge is 0.455 e. The number of rotatable bonds is 7. The van der Waals surface area contributed by atoms with E-state index in [4.69, 9.17) is 4.74 Å². The van der Waals surface area contributed by atoms with Crippen LogP contribution in [0, 0.1) is 11.8 Å². The Morgan fingerprint density at radius 1 is 0.969 bits per heavy atom. The van der Waals surface area contributed by atoms with Gasteiger partial charge in [-0.2, -0.15) is 0 Å². The molecule has 2 aromatic rings. The lowest BCUT2D eigenvalue weighted by Gasteiger charge is -2.34. The third kappa shape index (κ3) is 4.15. The lowest BCUT2D eigenvalue weighted by atomic mass is 9.78. The van der Waals surface area contributed by atoms with Crippen molar-refractivity contribution in [1.29, 1.82) is 0 Å². The molecule has 32 heavy (non-hydrogen) atoms. The second-order valence-electron chi connectivity index (χ2n) is 9.33. The number of ether oxygens (including phenoxy) is 1. The molecule has 0 bridgehead atoms. The molecule has 2 aliphatic rings. The number of nitrogens with one attached hydrogen (secondary N) is 1. The maximum Gasteiger partial charge on any atom is 0.320 e. The van der Waals surface area contributed by atoms with E-state index >= 15 is 0 Å². The van der Waals surface area contributed by atoms with E-state index in [1.165, 1.54) is 6.42 Å². The third-order valence-electron chi connectivity index (χ3n) is 7.33. The summed E-state index contributed by atoms with van der Waals surface area (Å²) in [5, 5.41) is 3.25. The molecule has 1 N–H and O–H groups in total. The van der Waals surface area contributed by atoms with E-state index in [2.05, 4.69) is 19.2 Å². The van der Waals surface area contributed by atoms with Crippen LogP contribution in [0.1, 0.15) is 46.0 Å². The molecule has 0 aromatic heterocycles. The topological polar surface area (TPSA) is 72.5 Å². The van der Waals surface area contributed by atoms with Gasteiger partial charge in [0.15, 0.2) is 13.7 Å². The lowest BCUT2D eigenvalue weighted by Crippen LogP contribution is -2.45. The zero-order valence-corrected chi connectivity index (χ0v) is 19.7. The molecular formula is C26H32NO4P. The van der Waals surface area contributed by atoms with Gasteiger partial charge in [0.1, 0.15) is 5.16 Å². The minimum Gasteiger partial charge on any atom is -0.455 e. The maximum absolute atomic E-state index is 14.6. The Hall–Kier alpha value is -2.39. The van der Waals surface area contributed by atoms with Gasteiger partial charge in [0, 0.05) is 16.7 Å². The highest BCUT2D eigenvalue weighted by Crippen LogP contribution is 2.68. The van der Waals surface area contributed by atoms with Crippen LogP contribution in [0.5, 0.6) is 0 Å². The Balaban J connectivity index is 1.50. The quantitative estimate of drug-likeness (QED) is 0.508. The molecular weight excluding hydrogens is 421 g/mol. The highest BCUT2D eigenvalue weighted by atomic mass is 31.2. The van der Waals surface area contributed by atoms with Crippen molar-refractivity contribution >= 4 is 29.6 Å². The van der Waals surface area contributed by atoms with Gasteiger partial charge < -0.3 is 14.6 Å². The predicted octanol–water partition coefficient (Wildman–Crippen LogP) is 4.02. The van der Waals surface area contributed by atoms with Crippen molar-refractivity contribution in [2.45, 2.75) is 57.1 Å². The first-order chi connectivity index (χ1) is 15.4. The van der Waals surface area contributed by atoms with Crippen LogP contribution < -0.4 is 15.9 Å². The first-order valence-corrected chi connectivity index (χ1v) is 13.3. The average Bonchev–Trinajstić information content (AvgIpc) is 3.64. The second-order valence-corrected chi connectivity index (χ2v) is 12.4. The summed E-state index contributed by atoms with van der Waals surface area (Å²) >= 11 is 0. The van der Waals surface area contributed by atoms with Crippen LogP contribution in [0.4, 0.5) is 0 Å². The van der Waals surface area contributed by atoms with Crippen molar-refractivity contribution in [2.75, 3.05) is 6.61 Å². The Kier molecular flexibility index (Phi) is 6.57. The molecule has 0 aliphatic heterocycles. The van der Waals surface area contributed by atoms with Gasteiger partial charge >= 0.3 is 5.97 Å². The highest BCUT2D eigenvalue weighted by molar-refractivity contribution is 7.81. The highest BCUT2D eigenvalue weighted by Gasteiger charge is 2.65. The fraction of sp³-hybridized carbons (Fsp3) is 0.462. The van der Waals surface area contributed by atoms with Gasteiger partial charge in [-0.3, -0.25) is 9.59 Å². The molecule has 6 heteroatoms. The second kappa shape index (κ2) is 9.23. The molecule has 5 nitrogen and oxygen atoms in total. The molecule has 1 amide bonds. The van der Waals surface area contributed by atoms with E-state index in [9.17, 15) is 14.2 Å². The molecule has 4 rings (SSSR count). The summed E-state index contributed by atoms with van der Waals surface area (Å²) in [4.78, 5) is 25.8. The number of hydrogen-bond donors (Lipinski definition) is 1. The third-order valence-corrected chi connectivity index (χ3v) is 11.2. The van der Waals surface area contributed by atoms with E-state index in [0.29, 0.717) is 35.3 Å². The molecule has 0 heterocycles. The number of esters is 1. The zero-order valence-electron chi connectivity index (χ0n) is 18.8. The van der Waals surface area contributed by atoms with Crippen molar-refractivity contribution in [2.24, 2.45) is 11.8 Å². The first-order valence-electron chi connectivity index (χ1n) is 11.6. The molecule has 3 unspecified atom stereocenters. The minimum absolute atomic E-state index is 0.111. The van der Waals surface area contributed by atoms with E-state index in [-0.39, 0.29) is 18.6 Å². The molecule has 170 valence electrons. The Labute approximate surface area is 190 Å². The van der Waals surface area contributed by atoms with Crippen LogP contribution in [-0.4, -0.2) is 29.7 Å². The summed E-state index contributed by atoms with van der Waals surface area (Å²) in [5.74, 6) is 0.145. The Morgan fingerprint density at radius 2 is 1.53 bits per heavy atom. The van der Waals surface area contributed by atoms with E-state index in [1.54, 1.807) is 0 Å². The Bertz CT molecular complexity index is 960. The van der Waals surface area contributed by atoms with E-state index in [0.717, 1.165) is 12.8 Å². The summed E-state index contributed by atoms with van der Waals surface area (Å²) in [6.07, 6.45) is 4.21. The average molecular weight is 454 g/mol. The molecule has 3 atom stereocenters. The van der Waals surface area contributed by atoms with Gasteiger partial charge in [-0.25, -0.2) is 0 Å². The van der Waals surface area contributed by atoms with E-state index < -0.39 is 18.3 Å². The summed E-state index contributed by atoms with van der Waals surface area (Å²) < 4.78 is 20.1. The fourth-order valence-electron chi connectivity index (χ4n) is 4.98. The molecule has 2 aromatic carbocycles. The maximum atomic E-state index is 14.6. The molecule has 2 fully saturated rings. The molecule has 0 spiro atoms. The van der Waals surface area contributed by atoms with Gasteiger partial charge in [-0.05, 0) is 31.1 Å². The molecule has 2 saturated carbocycles. The zero-order chi connectivity index (χ0) is 22.8. The van der Waals surface area contributed by atoms with Crippen LogP contribution in [0.25, 0.3) is 0 Å². The number of amides is 1. The lowest BCUT2D eigenvalue weighted by molar-refractivity contribution is -0.149. The van der Waals surface area contributed by atoms with Crippen molar-refractivity contribution in [1.82, 2.24) is 5.32 Å². The van der Waals surface area contributed by atoms with Crippen molar-refractivity contribution in [3.63, 3.8) is 0 Å². The number of carbonyl (C=O) groups is 2. The van der Waals surface area contributed by atoms with Crippen LogP contribution in [0.3, 0.4) is 0 Å². The summed E-state index contributed by atoms with van der Waals surface area (Å²) in [6, 6.07) is 18.5. The number of carbonyl (C=O) groups excluding carboxylic acids is 2.